The van der Waals surface area contributed by atoms with E-state index < -0.39 is 17.5 Å². The predicted octanol–water partition coefficient (Wildman–Crippen LogP) is 4.28. The molecule has 0 aliphatic carbocycles. The summed E-state index contributed by atoms with van der Waals surface area (Å²) in [6.45, 7) is 1.12. The van der Waals surface area contributed by atoms with Crippen molar-refractivity contribution in [3.63, 3.8) is 0 Å². The first-order valence-electron chi connectivity index (χ1n) is 3.80. The Morgan fingerprint density at radius 2 is 1.93 bits per heavy atom. The lowest BCUT2D eigenvalue weighted by atomic mass is 10.0. The Morgan fingerprint density at radius 1 is 1.40 bits per heavy atom. The first-order chi connectivity index (χ1) is 6.73. The summed E-state index contributed by atoms with van der Waals surface area (Å²) in [5, 5.41) is 0. The maximum atomic E-state index is 12.6. The Morgan fingerprint density at radius 3 is 2.33 bits per heavy atom. The maximum Gasteiger partial charge on any atom is 0.418 e. The Labute approximate surface area is 106 Å². The lowest BCUT2D eigenvalue weighted by molar-refractivity contribution is -0.138. The van der Waals surface area contributed by atoms with Crippen molar-refractivity contribution in [2.75, 3.05) is 0 Å². The van der Waals surface area contributed by atoms with Crippen molar-refractivity contribution in [3.8, 4) is 0 Å². The summed E-state index contributed by atoms with van der Waals surface area (Å²) in [7, 11) is 0. The van der Waals surface area contributed by atoms with Crippen LogP contribution in [0.5, 0.6) is 0 Å². The SMILES string of the molecule is CC(=O)c1cc(I)cc(Br)c1C(F)(F)F. The van der Waals surface area contributed by atoms with E-state index in [1.807, 2.05) is 22.6 Å². The van der Waals surface area contributed by atoms with Gasteiger partial charge in [-0.1, -0.05) is 15.9 Å². The Hall–Kier alpha value is -0.110. The molecule has 0 spiro atoms. The van der Waals surface area contributed by atoms with Crippen LogP contribution in [0.3, 0.4) is 0 Å². The highest BCUT2D eigenvalue weighted by atomic mass is 127. The molecular formula is C9H5BrF3IO. The van der Waals surface area contributed by atoms with E-state index in [1.54, 1.807) is 0 Å². The van der Waals surface area contributed by atoms with Gasteiger partial charge in [-0.25, -0.2) is 0 Å². The average molecular weight is 393 g/mol. The second kappa shape index (κ2) is 4.40. The number of benzene rings is 1. The molecule has 0 atom stereocenters. The van der Waals surface area contributed by atoms with E-state index in [-0.39, 0.29) is 10.0 Å². The summed E-state index contributed by atoms with van der Waals surface area (Å²) in [6, 6.07) is 2.56. The Balaban J connectivity index is 3.55. The quantitative estimate of drug-likeness (QED) is 0.515. The molecule has 0 radical (unpaired) electrons. The van der Waals surface area contributed by atoms with E-state index in [2.05, 4.69) is 15.9 Å². The molecule has 0 saturated heterocycles. The lowest BCUT2D eigenvalue weighted by Gasteiger charge is -2.13. The highest BCUT2D eigenvalue weighted by Crippen LogP contribution is 2.38. The van der Waals surface area contributed by atoms with Gasteiger partial charge in [-0.2, -0.15) is 13.2 Å². The molecule has 0 N–H and O–H groups in total. The molecule has 0 fully saturated rings. The van der Waals surface area contributed by atoms with Gasteiger partial charge in [0.15, 0.2) is 5.78 Å². The minimum atomic E-state index is -4.52. The van der Waals surface area contributed by atoms with Gasteiger partial charge in [-0.3, -0.25) is 4.79 Å². The number of carbonyl (C=O) groups is 1. The van der Waals surface area contributed by atoms with Crippen molar-refractivity contribution in [3.05, 3.63) is 31.3 Å². The fourth-order valence-corrected chi connectivity index (χ4v) is 2.88. The third-order valence-corrected chi connectivity index (χ3v) is 2.97. The summed E-state index contributed by atoms with van der Waals surface area (Å²) in [6.07, 6.45) is -4.52. The molecule has 0 aromatic heterocycles. The molecule has 0 aliphatic rings. The van der Waals surface area contributed by atoms with Crippen LogP contribution in [-0.4, -0.2) is 5.78 Å². The summed E-state index contributed by atoms with van der Waals surface area (Å²) in [4.78, 5) is 11.1. The number of Topliss-reactive ketones (excluding diaryl/α,β-unsaturated/α-hetero) is 1. The van der Waals surface area contributed by atoms with Crippen molar-refractivity contribution < 1.29 is 18.0 Å². The van der Waals surface area contributed by atoms with Gasteiger partial charge in [0, 0.05) is 13.6 Å². The van der Waals surface area contributed by atoms with Gasteiger partial charge < -0.3 is 0 Å². The van der Waals surface area contributed by atoms with Crippen molar-refractivity contribution in [1.29, 1.82) is 0 Å². The molecule has 6 heteroatoms. The summed E-state index contributed by atoms with van der Waals surface area (Å²) >= 11 is 4.68. The fourth-order valence-electron chi connectivity index (χ4n) is 1.14. The topological polar surface area (TPSA) is 17.1 Å². The molecular weight excluding hydrogens is 388 g/mol. The second-order valence-corrected chi connectivity index (χ2v) is 4.96. The van der Waals surface area contributed by atoms with Gasteiger partial charge in [0.1, 0.15) is 0 Å². The molecule has 0 unspecified atom stereocenters. The number of carbonyl (C=O) groups excluding carboxylic acids is 1. The molecule has 82 valence electrons. The standard InChI is InChI=1S/C9H5BrF3IO/c1-4(15)6-2-5(14)3-7(10)8(6)9(11,12)13/h2-3H,1H3. The summed E-state index contributed by atoms with van der Waals surface area (Å²) in [5.74, 6) is -0.596. The van der Waals surface area contributed by atoms with Crippen LogP contribution < -0.4 is 0 Å². The third kappa shape index (κ3) is 2.93. The van der Waals surface area contributed by atoms with E-state index in [9.17, 15) is 18.0 Å². The van der Waals surface area contributed by atoms with Crippen LogP contribution in [0, 0.1) is 3.57 Å². The number of alkyl halides is 3. The minimum Gasteiger partial charge on any atom is -0.294 e. The van der Waals surface area contributed by atoms with Crippen molar-refractivity contribution in [1.82, 2.24) is 0 Å². The van der Waals surface area contributed by atoms with Gasteiger partial charge in [-0.05, 0) is 41.6 Å². The molecule has 0 saturated carbocycles. The number of ketones is 1. The molecule has 0 heterocycles. The number of rotatable bonds is 1. The van der Waals surface area contributed by atoms with Gasteiger partial charge >= 0.3 is 6.18 Å². The normalized spacial score (nSPS) is 11.6. The number of hydrogen-bond donors (Lipinski definition) is 0. The summed E-state index contributed by atoms with van der Waals surface area (Å²) in [5.41, 5.74) is -1.21. The lowest BCUT2D eigenvalue weighted by Crippen LogP contribution is -2.13. The Bertz CT molecular complexity index is 415. The molecule has 15 heavy (non-hydrogen) atoms. The van der Waals surface area contributed by atoms with E-state index in [4.69, 9.17) is 0 Å². The molecule has 1 rings (SSSR count). The molecule has 0 amide bonds. The zero-order valence-electron chi connectivity index (χ0n) is 7.45. The largest absolute Gasteiger partial charge is 0.418 e. The Kier molecular flexibility index (Phi) is 3.80. The zero-order chi connectivity index (χ0) is 11.8. The molecule has 1 aromatic rings. The van der Waals surface area contributed by atoms with Crippen molar-refractivity contribution >= 4 is 44.3 Å². The van der Waals surface area contributed by atoms with Gasteiger partial charge in [0.25, 0.3) is 0 Å². The molecule has 0 aliphatic heterocycles. The van der Waals surface area contributed by atoms with Crippen LogP contribution in [0.2, 0.25) is 0 Å². The zero-order valence-corrected chi connectivity index (χ0v) is 11.2. The van der Waals surface area contributed by atoms with E-state index in [0.717, 1.165) is 6.92 Å². The average Bonchev–Trinajstić information content (AvgIpc) is 1.99. The monoisotopic (exact) mass is 392 g/mol. The number of halogens is 5. The van der Waals surface area contributed by atoms with Crippen molar-refractivity contribution in [2.24, 2.45) is 0 Å². The third-order valence-electron chi connectivity index (χ3n) is 1.72. The number of hydrogen-bond acceptors (Lipinski definition) is 1. The van der Waals surface area contributed by atoms with Crippen molar-refractivity contribution in [2.45, 2.75) is 13.1 Å². The molecule has 0 bridgehead atoms. The second-order valence-electron chi connectivity index (χ2n) is 2.86. The van der Waals surface area contributed by atoms with Crippen LogP contribution >= 0.6 is 38.5 Å². The molecule has 1 aromatic carbocycles. The van der Waals surface area contributed by atoms with E-state index in [1.165, 1.54) is 12.1 Å². The fraction of sp³-hybridized carbons (Fsp3) is 0.222. The smallest absolute Gasteiger partial charge is 0.294 e. The van der Waals surface area contributed by atoms with E-state index in [0.29, 0.717) is 3.57 Å². The first kappa shape index (κ1) is 13.0. The molecule has 1 nitrogen and oxygen atoms in total. The predicted molar refractivity (Wildman–Crippen MR) is 61.9 cm³/mol. The highest BCUT2D eigenvalue weighted by Gasteiger charge is 2.37. The maximum absolute atomic E-state index is 12.6. The van der Waals surface area contributed by atoms with Gasteiger partial charge in [-0.15, -0.1) is 0 Å². The van der Waals surface area contributed by atoms with Crippen LogP contribution in [0.15, 0.2) is 16.6 Å². The minimum absolute atomic E-state index is 0.105. The first-order valence-corrected chi connectivity index (χ1v) is 5.68. The van der Waals surface area contributed by atoms with Crippen LogP contribution in [0.25, 0.3) is 0 Å². The van der Waals surface area contributed by atoms with Gasteiger partial charge in [0.2, 0.25) is 0 Å². The van der Waals surface area contributed by atoms with Crippen LogP contribution in [-0.2, 0) is 6.18 Å². The van der Waals surface area contributed by atoms with E-state index >= 15 is 0 Å². The summed E-state index contributed by atoms with van der Waals surface area (Å²) < 4.78 is 38.3. The van der Waals surface area contributed by atoms with Crippen LogP contribution in [0.1, 0.15) is 22.8 Å². The highest BCUT2D eigenvalue weighted by molar-refractivity contribution is 14.1. The van der Waals surface area contributed by atoms with Gasteiger partial charge in [0.05, 0.1) is 5.56 Å². The van der Waals surface area contributed by atoms with Crippen LogP contribution in [0.4, 0.5) is 13.2 Å².